The number of aromatic nitrogens is 2. The molecule has 1 fully saturated rings. The molecule has 6 nitrogen and oxygen atoms in total. The van der Waals surface area contributed by atoms with Crippen molar-refractivity contribution in [3.05, 3.63) is 0 Å². The number of hydrogen-bond donors (Lipinski definition) is 2. The van der Waals surface area contributed by atoms with Gasteiger partial charge in [-0.15, -0.1) is 10.2 Å². The molecule has 1 saturated carbocycles. The Balaban J connectivity index is 1.78. The van der Waals surface area contributed by atoms with E-state index in [2.05, 4.69) is 15.5 Å². The second-order valence-corrected chi connectivity index (χ2v) is 6.30. The van der Waals surface area contributed by atoms with Gasteiger partial charge in [0.25, 0.3) is 0 Å². The van der Waals surface area contributed by atoms with E-state index in [1.54, 1.807) is 0 Å². The Labute approximate surface area is 112 Å². The lowest BCUT2D eigenvalue weighted by molar-refractivity contribution is -0.133. The number of carboxylic acid groups (broad SMARTS) is 1. The number of anilines is 1. The van der Waals surface area contributed by atoms with Gasteiger partial charge in [0.05, 0.1) is 5.75 Å². The first kappa shape index (κ1) is 13.3. The molecule has 1 heterocycles. The number of hydrogen-bond acceptors (Lipinski definition) is 6. The number of aliphatic carboxylic acids is 1. The van der Waals surface area contributed by atoms with Crippen molar-refractivity contribution < 1.29 is 14.7 Å². The number of nitrogens with zero attached hydrogens (tertiary/aromatic N) is 2. The summed E-state index contributed by atoms with van der Waals surface area (Å²) in [7, 11) is 0. The van der Waals surface area contributed by atoms with Gasteiger partial charge in [-0.05, 0) is 18.8 Å². The molecule has 8 heteroatoms. The third kappa shape index (κ3) is 3.95. The van der Waals surface area contributed by atoms with Gasteiger partial charge in [-0.2, -0.15) is 0 Å². The van der Waals surface area contributed by atoms with Crippen LogP contribution in [0, 0.1) is 5.92 Å². The van der Waals surface area contributed by atoms with E-state index in [4.69, 9.17) is 5.11 Å². The maximum Gasteiger partial charge on any atom is 0.313 e. The molecule has 18 heavy (non-hydrogen) atoms. The number of carbonyl (C=O) groups is 2. The quantitative estimate of drug-likeness (QED) is 0.612. The zero-order chi connectivity index (χ0) is 13.0. The van der Waals surface area contributed by atoms with Gasteiger partial charge in [-0.3, -0.25) is 9.59 Å². The Morgan fingerprint density at radius 1 is 1.44 bits per heavy atom. The zero-order valence-electron chi connectivity index (χ0n) is 9.59. The van der Waals surface area contributed by atoms with Crippen LogP contribution in [0.5, 0.6) is 0 Å². The van der Waals surface area contributed by atoms with Crippen molar-refractivity contribution in [2.75, 3.05) is 11.1 Å². The fraction of sp³-hybridized carbons (Fsp3) is 0.600. The number of carboxylic acids is 1. The summed E-state index contributed by atoms with van der Waals surface area (Å²) in [4.78, 5) is 22.0. The van der Waals surface area contributed by atoms with E-state index in [0.29, 0.717) is 21.8 Å². The summed E-state index contributed by atoms with van der Waals surface area (Å²) < 4.78 is 0.552. The summed E-state index contributed by atoms with van der Waals surface area (Å²) in [6.07, 6.45) is 4.01. The van der Waals surface area contributed by atoms with Gasteiger partial charge in [0.2, 0.25) is 11.0 Å². The summed E-state index contributed by atoms with van der Waals surface area (Å²) in [6.45, 7) is 0. The minimum atomic E-state index is -0.897. The molecular weight excluding hydrogens is 274 g/mol. The van der Waals surface area contributed by atoms with Crippen LogP contribution >= 0.6 is 23.1 Å². The molecule has 2 N–H and O–H groups in total. The first-order valence-electron chi connectivity index (χ1n) is 5.61. The molecule has 0 saturated heterocycles. The average molecular weight is 287 g/mol. The van der Waals surface area contributed by atoms with Gasteiger partial charge >= 0.3 is 5.97 Å². The predicted octanol–water partition coefficient (Wildman–Crippen LogP) is 1.84. The number of rotatable bonds is 6. The van der Waals surface area contributed by atoms with Crippen LogP contribution in [0.25, 0.3) is 0 Å². The summed E-state index contributed by atoms with van der Waals surface area (Å²) >= 11 is 2.30. The lowest BCUT2D eigenvalue weighted by Gasteiger charge is -2.24. The number of nitrogens with one attached hydrogen (secondary N) is 1. The summed E-state index contributed by atoms with van der Waals surface area (Å²) in [5.41, 5.74) is 0. The third-order valence-corrected chi connectivity index (χ3v) is 4.63. The van der Waals surface area contributed by atoms with Crippen LogP contribution in [0.4, 0.5) is 5.13 Å². The molecule has 0 atom stereocenters. The highest BCUT2D eigenvalue weighted by molar-refractivity contribution is 8.01. The highest BCUT2D eigenvalue weighted by Gasteiger charge is 2.21. The van der Waals surface area contributed by atoms with Crippen LogP contribution in [0.3, 0.4) is 0 Å². The number of carbonyl (C=O) groups excluding carboxylic acids is 1. The highest BCUT2D eigenvalue weighted by atomic mass is 32.2. The Morgan fingerprint density at radius 3 is 2.83 bits per heavy atom. The molecule has 0 bridgehead atoms. The Bertz CT molecular complexity index is 445. The molecule has 1 amide bonds. The fourth-order valence-electron chi connectivity index (χ4n) is 1.57. The van der Waals surface area contributed by atoms with E-state index in [9.17, 15) is 9.59 Å². The topological polar surface area (TPSA) is 92.2 Å². The maximum absolute atomic E-state index is 11.6. The average Bonchev–Trinajstić information content (AvgIpc) is 2.68. The van der Waals surface area contributed by atoms with Crippen LogP contribution in [0.15, 0.2) is 4.34 Å². The van der Waals surface area contributed by atoms with Gasteiger partial charge in [0.1, 0.15) is 0 Å². The smallest absolute Gasteiger partial charge is 0.313 e. The van der Waals surface area contributed by atoms with Crippen LogP contribution in [0.1, 0.15) is 25.7 Å². The summed E-state index contributed by atoms with van der Waals surface area (Å²) in [6, 6.07) is 0. The standard InChI is InChI=1S/C10H13N3O3S2/c14-7(4-6-2-1-3-6)11-9-12-13-10(18-9)17-5-8(15)16/h6H,1-5H2,(H,15,16)(H,11,12,14). The zero-order valence-corrected chi connectivity index (χ0v) is 11.2. The highest BCUT2D eigenvalue weighted by Crippen LogP contribution is 2.30. The molecule has 0 aliphatic heterocycles. The third-order valence-electron chi connectivity index (χ3n) is 2.67. The maximum atomic E-state index is 11.6. The van der Waals surface area contributed by atoms with E-state index in [1.807, 2.05) is 0 Å². The molecule has 0 radical (unpaired) electrons. The van der Waals surface area contributed by atoms with Gasteiger partial charge in [-0.1, -0.05) is 29.5 Å². The Kier molecular flexibility index (Phi) is 4.54. The van der Waals surface area contributed by atoms with E-state index < -0.39 is 5.97 Å². The van der Waals surface area contributed by atoms with Crippen LogP contribution < -0.4 is 5.32 Å². The Hall–Kier alpha value is -1.15. The minimum Gasteiger partial charge on any atom is -0.481 e. The van der Waals surface area contributed by atoms with Crippen molar-refractivity contribution in [3.8, 4) is 0 Å². The molecule has 1 aliphatic carbocycles. The SMILES string of the molecule is O=C(O)CSc1nnc(NC(=O)CC2CCC2)s1. The molecule has 1 aromatic rings. The van der Waals surface area contributed by atoms with Crippen LogP contribution in [-0.4, -0.2) is 32.9 Å². The van der Waals surface area contributed by atoms with Gasteiger partial charge in [0.15, 0.2) is 4.34 Å². The van der Waals surface area contributed by atoms with Gasteiger partial charge in [-0.25, -0.2) is 0 Å². The largest absolute Gasteiger partial charge is 0.481 e. The van der Waals surface area contributed by atoms with Crippen molar-refractivity contribution in [2.45, 2.75) is 30.0 Å². The first-order chi connectivity index (χ1) is 8.63. The lowest BCUT2D eigenvalue weighted by Crippen LogP contribution is -2.20. The molecule has 0 spiro atoms. The van der Waals surface area contributed by atoms with Gasteiger partial charge in [0, 0.05) is 6.42 Å². The molecule has 0 unspecified atom stereocenters. The number of thioether (sulfide) groups is 1. The van der Waals surface area contributed by atoms with Crippen LogP contribution in [-0.2, 0) is 9.59 Å². The second-order valence-electron chi connectivity index (χ2n) is 4.10. The summed E-state index contributed by atoms with van der Waals surface area (Å²) in [5.74, 6) is -0.472. The van der Waals surface area contributed by atoms with Crippen molar-refractivity contribution in [3.63, 3.8) is 0 Å². The summed E-state index contributed by atoms with van der Waals surface area (Å²) in [5, 5.41) is 19.3. The van der Waals surface area contributed by atoms with Crippen molar-refractivity contribution in [1.82, 2.24) is 10.2 Å². The Morgan fingerprint density at radius 2 is 2.22 bits per heavy atom. The van der Waals surface area contributed by atoms with E-state index in [0.717, 1.165) is 24.6 Å². The molecule has 1 aromatic heterocycles. The van der Waals surface area contributed by atoms with E-state index in [1.165, 1.54) is 17.8 Å². The second kappa shape index (κ2) is 6.14. The van der Waals surface area contributed by atoms with Gasteiger partial charge < -0.3 is 10.4 Å². The normalized spacial score (nSPS) is 15.1. The molecule has 1 aliphatic rings. The van der Waals surface area contributed by atoms with Crippen molar-refractivity contribution in [2.24, 2.45) is 5.92 Å². The van der Waals surface area contributed by atoms with E-state index in [-0.39, 0.29) is 11.7 Å². The molecular formula is C10H13N3O3S2. The van der Waals surface area contributed by atoms with Crippen molar-refractivity contribution >= 4 is 40.1 Å². The van der Waals surface area contributed by atoms with E-state index >= 15 is 0 Å². The molecule has 98 valence electrons. The van der Waals surface area contributed by atoms with Crippen molar-refractivity contribution in [1.29, 1.82) is 0 Å². The lowest BCUT2D eigenvalue weighted by atomic mass is 9.83. The predicted molar refractivity (Wildman–Crippen MR) is 68.9 cm³/mol. The first-order valence-corrected chi connectivity index (χ1v) is 7.41. The fourth-order valence-corrected chi connectivity index (χ4v) is 3.06. The molecule has 0 aromatic carbocycles. The number of amides is 1. The minimum absolute atomic E-state index is 0.0364. The monoisotopic (exact) mass is 287 g/mol. The molecule has 2 rings (SSSR count). The van der Waals surface area contributed by atoms with Crippen LogP contribution in [0.2, 0.25) is 0 Å².